The minimum Gasteiger partial charge on any atom is -0.508 e. The Kier molecular flexibility index (Phi) is 8.44. The molecule has 1 saturated carbocycles. The van der Waals surface area contributed by atoms with Gasteiger partial charge in [0.25, 0.3) is 0 Å². The summed E-state index contributed by atoms with van der Waals surface area (Å²) >= 11 is 0. The molecule has 9 heteroatoms. The Hall–Kier alpha value is -4.00. The summed E-state index contributed by atoms with van der Waals surface area (Å²) in [5.41, 5.74) is 7.01. The molecule has 3 N–H and O–H groups in total. The van der Waals surface area contributed by atoms with Gasteiger partial charge in [-0.25, -0.2) is 8.78 Å². The van der Waals surface area contributed by atoms with E-state index in [2.05, 4.69) is 29.7 Å². The Morgan fingerprint density at radius 2 is 1.87 bits per heavy atom. The molecule has 3 aromatic carbocycles. The second-order valence-electron chi connectivity index (χ2n) is 14.1. The van der Waals surface area contributed by atoms with Gasteiger partial charge in [0.15, 0.2) is 5.82 Å². The summed E-state index contributed by atoms with van der Waals surface area (Å²) in [6.07, 6.45) is 14.1. The van der Waals surface area contributed by atoms with Crippen LogP contribution in [0.25, 0.3) is 32.8 Å². The van der Waals surface area contributed by atoms with Crippen LogP contribution in [0, 0.1) is 35.3 Å². The summed E-state index contributed by atoms with van der Waals surface area (Å²) in [5.74, 6) is 2.14. The van der Waals surface area contributed by atoms with Gasteiger partial charge in [0.05, 0.1) is 12.2 Å². The monoisotopic (exact) mass is 639 g/mol. The van der Waals surface area contributed by atoms with Crippen LogP contribution in [0.3, 0.4) is 0 Å². The SMILES string of the molecule is C#Cc1c(F)ccc2cc(O)cc(-c3ccc4c(N5CC[C@H](N)CC[C@H](C)C5)nc(OC[C@]56CCC[C@H]5N(C)CCC6)nc4c3F)c12. The van der Waals surface area contributed by atoms with Gasteiger partial charge >= 0.3 is 6.01 Å². The maximum Gasteiger partial charge on any atom is 0.319 e. The van der Waals surface area contributed by atoms with Crippen LogP contribution in [0.4, 0.5) is 14.6 Å². The molecule has 47 heavy (non-hydrogen) atoms. The predicted molar refractivity (Wildman–Crippen MR) is 183 cm³/mol. The number of halogens is 2. The van der Waals surface area contributed by atoms with E-state index < -0.39 is 11.6 Å². The summed E-state index contributed by atoms with van der Waals surface area (Å²) in [5, 5.41) is 12.0. The lowest BCUT2D eigenvalue weighted by molar-refractivity contribution is 0.0133. The van der Waals surface area contributed by atoms with Gasteiger partial charge in [-0.05, 0) is 99.7 Å². The zero-order valence-corrected chi connectivity index (χ0v) is 27.2. The highest BCUT2D eigenvalue weighted by Gasteiger charge is 2.47. The maximum atomic E-state index is 17.0. The number of aromatic nitrogens is 2. The number of phenols is 1. The quantitative estimate of drug-likeness (QED) is 0.227. The van der Waals surface area contributed by atoms with Crippen LogP contribution >= 0.6 is 0 Å². The number of hydrogen-bond acceptors (Lipinski definition) is 7. The number of likely N-dealkylation sites (tertiary alicyclic amines) is 1. The Balaban J connectivity index is 1.38. The van der Waals surface area contributed by atoms with E-state index in [4.69, 9.17) is 26.9 Å². The molecule has 2 saturated heterocycles. The number of piperidine rings is 1. The molecule has 2 aliphatic heterocycles. The number of fused-ring (bicyclic) bond motifs is 3. The fraction of sp³-hybridized carbons (Fsp3) is 0.474. The van der Waals surface area contributed by atoms with Gasteiger partial charge in [-0.15, -0.1) is 6.42 Å². The molecule has 7 rings (SSSR count). The first-order chi connectivity index (χ1) is 22.7. The zero-order chi connectivity index (χ0) is 32.9. The molecule has 4 atom stereocenters. The van der Waals surface area contributed by atoms with Crippen LogP contribution in [-0.4, -0.2) is 65.3 Å². The molecule has 7 nitrogen and oxygen atoms in total. The van der Waals surface area contributed by atoms with Crippen LogP contribution in [0.2, 0.25) is 0 Å². The molecule has 3 heterocycles. The second kappa shape index (κ2) is 12.6. The maximum absolute atomic E-state index is 17.0. The summed E-state index contributed by atoms with van der Waals surface area (Å²) < 4.78 is 38.4. The first-order valence-electron chi connectivity index (χ1n) is 16.9. The molecular weight excluding hydrogens is 596 g/mol. The van der Waals surface area contributed by atoms with Crippen molar-refractivity contribution in [1.82, 2.24) is 14.9 Å². The van der Waals surface area contributed by atoms with Crippen molar-refractivity contribution in [3.8, 4) is 35.2 Å². The second-order valence-corrected chi connectivity index (χ2v) is 14.1. The van der Waals surface area contributed by atoms with Crippen LogP contribution < -0.4 is 15.4 Å². The van der Waals surface area contributed by atoms with Gasteiger partial charge < -0.3 is 25.4 Å². The van der Waals surface area contributed by atoms with E-state index in [0.29, 0.717) is 52.7 Å². The first kappa shape index (κ1) is 31.6. The third kappa shape index (κ3) is 5.76. The number of aromatic hydroxyl groups is 1. The molecule has 0 spiro atoms. The molecular formula is C38H43F2N5O2. The zero-order valence-electron chi connectivity index (χ0n) is 27.2. The highest BCUT2D eigenvalue weighted by atomic mass is 19.1. The summed E-state index contributed by atoms with van der Waals surface area (Å²) in [7, 11) is 2.20. The number of hydrogen-bond donors (Lipinski definition) is 2. The van der Waals surface area contributed by atoms with Gasteiger partial charge in [-0.1, -0.05) is 31.4 Å². The van der Waals surface area contributed by atoms with Crippen molar-refractivity contribution in [2.24, 2.45) is 17.1 Å². The predicted octanol–water partition coefficient (Wildman–Crippen LogP) is 7.01. The van der Waals surface area contributed by atoms with E-state index in [1.807, 2.05) is 6.07 Å². The number of phenolic OH excluding ortho intramolecular Hbond substituents is 1. The molecule has 1 aliphatic carbocycles. The number of nitrogens with two attached hydrogens (primary N) is 1. The number of nitrogens with zero attached hydrogens (tertiary/aromatic N) is 4. The van der Waals surface area contributed by atoms with Crippen molar-refractivity contribution in [3.63, 3.8) is 0 Å². The largest absolute Gasteiger partial charge is 0.508 e. The fourth-order valence-electron chi connectivity index (χ4n) is 8.52. The minimum absolute atomic E-state index is 0.0122. The van der Waals surface area contributed by atoms with Crippen molar-refractivity contribution in [2.75, 3.05) is 38.2 Å². The lowest BCUT2D eigenvalue weighted by Crippen LogP contribution is -2.50. The third-order valence-electron chi connectivity index (χ3n) is 10.9. The van der Waals surface area contributed by atoms with Crippen molar-refractivity contribution in [1.29, 1.82) is 0 Å². The van der Waals surface area contributed by atoms with Gasteiger partial charge in [0.1, 0.15) is 22.9 Å². The van der Waals surface area contributed by atoms with Gasteiger partial charge in [0, 0.05) is 46.9 Å². The Morgan fingerprint density at radius 1 is 1.04 bits per heavy atom. The highest BCUT2D eigenvalue weighted by Crippen LogP contribution is 2.48. The van der Waals surface area contributed by atoms with E-state index in [-0.39, 0.29) is 39.9 Å². The van der Waals surface area contributed by atoms with E-state index in [1.165, 1.54) is 24.3 Å². The normalized spacial score (nSPS) is 25.4. The Bertz CT molecular complexity index is 1880. The number of terminal acetylenes is 1. The van der Waals surface area contributed by atoms with E-state index in [9.17, 15) is 9.50 Å². The molecule has 3 fully saturated rings. The molecule has 0 unspecified atom stereocenters. The minimum atomic E-state index is -0.610. The van der Waals surface area contributed by atoms with Gasteiger partial charge in [-0.3, -0.25) is 0 Å². The fourth-order valence-corrected chi connectivity index (χ4v) is 8.52. The van der Waals surface area contributed by atoms with Crippen LogP contribution in [0.1, 0.15) is 63.9 Å². The Labute approximate surface area is 275 Å². The van der Waals surface area contributed by atoms with Crippen molar-refractivity contribution < 1.29 is 18.6 Å². The Morgan fingerprint density at radius 3 is 2.70 bits per heavy atom. The standard InChI is InChI=1S/C38H43F2N5O2/c1-4-27-31(39)13-9-24-19-26(46)20-30(33(24)27)28-11-12-29-35(34(28)40)42-37(43-36(29)45-18-14-25(41)10-8-23(2)21-45)47-22-38-15-5-7-32(38)44(3)17-6-16-38/h1,9,11-13,19-20,23,25,32,46H,5-8,10,14-18,21-22,41H2,2-3H3/t23-,25+,32+,38+/m0/s1. The molecule has 246 valence electrons. The summed E-state index contributed by atoms with van der Waals surface area (Å²) in [4.78, 5) is 14.3. The number of ether oxygens (including phenoxy) is 1. The van der Waals surface area contributed by atoms with Crippen LogP contribution in [0.5, 0.6) is 11.8 Å². The van der Waals surface area contributed by atoms with Crippen molar-refractivity contribution in [3.05, 3.63) is 53.6 Å². The first-order valence-corrected chi connectivity index (χ1v) is 16.9. The van der Waals surface area contributed by atoms with Crippen molar-refractivity contribution in [2.45, 2.75) is 70.4 Å². The topological polar surface area (TPSA) is 87.7 Å². The highest BCUT2D eigenvalue weighted by molar-refractivity contribution is 6.04. The molecule has 1 aromatic heterocycles. The summed E-state index contributed by atoms with van der Waals surface area (Å²) in [6.45, 7) is 5.19. The van der Waals surface area contributed by atoms with E-state index in [1.54, 1.807) is 6.07 Å². The average molecular weight is 640 g/mol. The summed E-state index contributed by atoms with van der Waals surface area (Å²) in [6, 6.07) is 9.84. The molecule has 0 amide bonds. The molecule has 4 aromatic rings. The van der Waals surface area contributed by atoms with E-state index in [0.717, 1.165) is 64.5 Å². The number of rotatable bonds is 5. The van der Waals surface area contributed by atoms with E-state index >= 15 is 4.39 Å². The molecule has 0 radical (unpaired) electrons. The lowest BCUT2D eigenvalue weighted by atomic mass is 9.76. The lowest BCUT2D eigenvalue weighted by Gasteiger charge is -2.44. The number of anilines is 1. The van der Waals surface area contributed by atoms with Gasteiger partial charge in [0.2, 0.25) is 0 Å². The number of benzene rings is 3. The van der Waals surface area contributed by atoms with Gasteiger partial charge in [-0.2, -0.15) is 9.97 Å². The van der Waals surface area contributed by atoms with Crippen LogP contribution in [-0.2, 0) is 0 Å². The van der Waals surface area contributed by atoms with Crippen molar-refractivity contribution >= 4 is 27.5 Å². The third-order valence-corrected chi connectivity index (χ3v) is 10.9. The average Bonchev–Trinajstić information content (AvgIpc) is 3.49. The molecule has 0 bridgehead atoms. The molecule has 3 aliphatic rings. The smallest absolute Gasteiger partial charge is 0.319 e. The van der Waals surface area contributed by atoms with Crippen LogP contribution in [0.15, 0.2) is 36.4 Å².